The van der Waals surface area contributed by atoms with Crippen LogP contribution in [0.3, 0.4) is 0 Å². The van der Waals surface area contributed by atoms with E-state index >= 15 is 0 Å². The summed E-state index contributed by atoms with van der Waals surface area (Å²) in [6.07, 6.45) is 1.30. The fraction of sp³-hybridized carbons (Fsp3) is 0.0909. The van der Waals surface area contributed by atoms with Gasteiger partial charge in [0.2, 0.25) is 10.0 Å². The number of hydrogen-bond acceptors (Lipinski definition) is 6. The molecule has 7 nitrogen and oxygen atoms in total. The van der Waals surface area contributed by atoms with Gasteiger partial charge in [-0.05, 0) is 42.0 Å². The fourth-order valence-electron chi connectivity index (χ4n) is 2.73. The molecule has 0 aliphatic heterocycles. The summed E-state index contributed by atoms with van der Waals surface area (Å²) in [4.78, 5) is 12.8. The Hall–Kier alpha value is -1.55. The predicted octanol–water partition coefficient (Wildman–Crippen LogP) is 2.44. The molecule has 0 aliphatic rings. The van der Waals surface area contributed by atoms with E-state index in [1.54, 1.807) is 24.3 Å². The predicted molar refractivity (Wildman–Crippen MR) is 125 cm³/mol. The van der Waals surface area contributed by atoms with Crippen LogP contribution in [0, 0.1) is 11.5 Å². The Morgan fingerprint density at radius 2 is 1.82 bits per heavy atom. The molecular weight excluding hydrogens is 509 g/mol. The van der Waals surface area contributed by atoms with Crippen LogP contribution in [-0.2, 0) is 15.8 Å². The molecule has 0 radical (unpaired) electrons. The first-order valence-corrected chi connectivity index (χ1v) is 12.0. The second kappa shape index (κ2) is 12.8. The number of benzene rings is 3. The quantitative estimate of drug-likeness (QED) is 0.275. The van der Waals surface area contributed by atoms with E-state index in [0.717, 1.165) is 11.6 Å². The molecule has 11 heteroatoms. The number of sulfonamides is 1. The maximum Gasteiger partial charge on any atom is 1.00 e. The van der Waals surface area contributed by atoms with Crippen LogP contribution in [0.4, 0.5) is 5.69 Å². The zero-order valence-electron chi connectivity index (χ0n) is 17.8. The van der Waals surface area contributed by atoms with E-state index in [-0.39, 0.29) is 66.9 Å². The number of nitrogens with one attached hydrogen (secondary N) is 1. The Kier molecular flexibility index (Phi) is 10.7. The largest absolute Gasteiger partial charge is 1.00 e. The molecule has 0 bridgehead atoms. The number of nitriles is 1. The standard InChI is InChI=1S/C22H18ClN3O4S2.K/c1-30-17-9-7-16(8-10-17)26-22(27)18-11-21(32(28,29)25-14-24)20(12-19(18)23)31-13-15-5-3-2-4-6-15;/h2-12,24H,13H2,1H3,(H,26,27);/q;+1/p-1. The van der Waals surface area contributed by atoms with Crippen molar-refractivity contribution in [2.75, 3.05) is 12.4 Å². The third-order valence-electron chi connectivity index (χ3n) is 4.30. The van der Waals surface area contributed by atoms with Crippen LogP contribution in [-0.4, -0.2) is 21.4 Å². The molecule has 0 atom stereocenters. The number of ether oxygens (including phenoxy) is 1. The van der Waals surface area contributed by atoms with Crippen molar-refractivity contribution in [1.29, 1.82) is 5.26 Å². The molecule has 33 heavy (non-hydrogen) atoms. The number of hydrogen-bond donors (Lipinski definition) is 1. The number of halogens is 1. The van der Waals surface area contributed by atoms with Crippen LogP contribution in [0.15, 0.2) is 76.5 Å². The number of thioether (sulfide) groups is 1. The number of carbonyl (C=O) groups is 1. The summed E-state index contributed by atoms with van der Waals surface area (Å²) >= 11 is 7.55. The van der Waals surface area contributed by atoms with Crippen LogP contribution in [0.5, 0.6) is 5.75 Å². The molecule has 0 saturated heterocycles. The minimum atomic E-state index is -4.31. The number of rotatable bonds is 8. The molecule has 1 N–H and O–H groups in total. The van der Waals surface area contributed by atoms with Gasteiger partial charge in [-0.1, -0.05) is 48.1 Å². The molecule has 0 saturated carbocycles. The number of methoxy groups -OCH3 is 1. The summed E-state index contributed by atoms with van der Waals surface area (Å²) in [5.74, 6) is 0.476. The second-order valence-electron chi connectivity index (χ2n) is 6.40. The van der Waals surface area contributed by atoms with Crippen LogP contribution in [0.25, 0.3) is 4.72 Å². The van der Waals surface area contributed by atoms with Crippen LogP contribution < -0.4 is 61.4 Å². The summed E-state index contributed by atoms with van der Waals surface area (Å²) in [5, 5.41) is 11.5. The maximum atomic E-state index is 12.8. The molecule has 164 valence electrons. The monoisotopic (exact) mass is 525 g/mol. The molecular formula is C22H17ClKN3O4S2. The first kappa shape index (κ1) is 27.7. The van der Waals surface area contributed by atoms with Crippen molar-refractivity contribution in [3.05, 3.63) is 87.6 Å². The topological polar surface area (TPSA) is 110 Å². The molecule has 0 aromatic heterocycles. The number of carbonyl (C=O) groups excluding carboxylic acids is 1. The van der Waals surface area contributed by atoms with E-state index < -0.39 is 15.9 Å². The van der Waals surface area contributed by atoms with Crippen LogP contribution in [0.2, 0.25) is 5.02 Å². The third-order valence-corrected chi connectivity index (χ3v) is 7.09. The zero-order chi connectivity index (χ0) is 23.1. The average Bonchev–Trinajstić information content (AvgIpc) is 2.78. The molecule has 3 rings (SSSR count). The van der Waals surface area contributed by atoms with Crippen LogP contribution in [0.1, 0.15) is 15.9 Å². The van der Waals surface area contributed by atoms with E-state index in [4.69, 9.17) is 21.6 Å². The number of anilines is 1. The Labute approximate surface area is 244 Å². The second-order valence-corrected chi connectivity index (χ2v) is 9.40. The SMILES string of the molecule is COc1ccc(NC(=O)c2cc(S(=O)(=O)[N-]C#N)c(SCc3ccccc3)cc2Cl)cc1.[K+]. The van der Waals surface area contributed by atoms with Gasteiger partial charge in [-0.25, -0.2) is 8.42 Å². The molecule has 0 unspecified atom stereocenters. The minimum Gasteiger partial charge on any atom is -0.497 e. The molecule has 0 fully saturated rings. The van der Waals surface area contributed by atoms with Crippen molar-refractivity contribution in [3.8, 4) is 11.9 Å². The molecule has 0 heterocycles. The van der Waals surface area contributed by atoms with Gasteiger partial charge in [-0.15, -0.1) is 11.8 Å². The number of amides is 1. The Morgan fingerprint density at radius 1 is 1.15 bits per heavy atom. The summed E-state index contributed by atoms with van der Waals surface area (Å²) in [5.41, 5.74) is 1.38. The first-order valence-electron chi connectivity index (χ1n) is 9.16. The molecule has 1 amide bonds. The van der Waals surface area contributed by atoms with Crippen molar-refractivity contribution in [3.63, 3.8) is 0 Å². The van der Waals surface area contributed by atoms with E-state index in [0.29, 0.717) is 22.1 Å². The van der Waals surface area contributed by atoms with Crippen molar-refractivity contribution < 1.29 is 69.3 Å². The Balaban J connectivity index is 0.00000385. The van der Waals surface area contributed by atoms with Crippen molar-refractivity contribution >= 4 is 45.0 Å². The van der Waals surface area contributed by atoms with Gasteiger partial charge in [-0.2, -0.15) is 0 Å². The first-order chi connectivity index (χ1) is 15.3. The molecule has 0 spiro atoms. The summed E-state index contributed by atoms with van der Waals surface area (Å²) in [6.45, 7) is 0. The smallest absolute Gasteiger partial charge is 0.497 e. The molecule has 3 aromatic carbocycles. The van der Waals surface area contributed by atoms with Gasteiger partial charge < -0.3 is 20.0 Å². The van der Waals surface area contributed by atoms with E-state index in [9.17, 15) is 13.2 Å². The molecule has 3 aromatic rings. The van der Waals surface area contributed by atoms with Gasteiger partial charge in [-0.3, -0.25) is 4.79 Å². The summed E-state index contributed by atoms with van der Waals surface area (Å²) < 4.78 is 33.3. The molecule has 0 aliphatic carbocycles. The van der Waals surface area contributed by atoms with Gasteiger partial charge >= 0.3 is 51.4 Å². The maximum absolute atomic E-state index is 12.8. The average molecular weight is 526 g/mol. The van der Waals surface area contributed by atoms with E-state index in [1.807, 2.05) is 30.3 Å². The van der Waals surface area contributed by atoms with Crippen molar-refractivity contribution in [2.24, 2.45) is 0 Å². The summed E-state index contributed by atoms with van der Waals surface area (Å²) in [7, 11) is -2.79. The van der Waals surface area contributed by atoms with E-state index in [2.05, 4.69) is 10.0 Å². The zero-order valence-corrected chi connectivity index (χ0v) is 23.3. The third kappa shape index (κ3) is 7.47. The van der Waals surface area contributed by atoms with Gasteiger partial charge in [0.1, 0.15) is 5.75 Å². The number of nitrogens with zero attached hydrogens (tertiary/aromatic N) is 2. The minimum absolute atomic E-state index is 0. The fourth-order valence-corrected chi connectivity index (χ4v) is 5.24. The van der Waals surface area contributed by atoms with Crippen LogP contribution >= 0.6 is 23.4 Å². The Morgan fingerprint density at radius 3 is 2.42 bits per heavy atom. The van der Waals surface area contributed by atoms with Gasteiger partial charge in [0.15, 0.2) is 0 Å². The van der Waals surface area contributed by atoms with Gasteiger partial charge in [0.25, 0.3) is 5.91 Å². The summed E-state index contributed by atoms with van der Waals surface area (Å²) in [6, 6.07) is 18.6. The van der Waals surface area contributed by atoms with Gasteiger partial charge in [0, 0.05) is 16.3 Å². The Bertz CT molecular complexity index is 1270. The van der Waals surface area contributed by atoms with Crippen molar-refractivity contribution in [2.45, 2.75) is 15.5 Å². The van der Waals surface area contributed by atoms with E-state index in [1.165, 1.54) is 31.1 Å². The van der Waals surface area contributed by atoms with Gasteiger partial charge in [0.05, 0.1) is 22.6 Å². The normalized spacial score (nSPS) is 10.5. The van der Waals surface area contributed by atoms with Crippen molar-refractivity contribution in [1.82, 2.24) is 0 Å².